The second-order valence-corrected chi connectivity index (χ2v) is 5.27. The predicted molar refractivity (Wildman–Crippen MR) is 71.9 cm³/mol. The van der Waals surface area contributed by atoms with Crippen molar-refractivity contribution in [2.75, 3.05) is 0 Å². The monoisotopic (exact) mass is 246 g/mol. The molecule has 96 valence electrons. The van der Waals surface area contributed by atoms with Crippen molar-refractivity contribution in [2.45, 2.75) is 26.3 Å². The maximum absolute atomic E-state index is 9.84. The molecule has 0 saturated heterocycles. The molecular weight excluding hydrogens is 228 g/mol. The molecule has 2 rings (SSSR count). The Kier molecular flexibility index (Phi) is 3.09. The Morgan fingerprint density at radius 2 is 2.11 bits per heavy atom. The number of allylic oxidation sites excluding steroid dienone is 1. The second kappa shape index (κ2) is 4.42. The van der Waals surface area contributed by atoms with Crippen LogP contribution in [0.2, 0.25) is 0 Å². The van der Waals surface area contributed by atoms with Gasteiger partial charge in [0, 0.05) is 13.2 Å². The number of aryl methyl sites for hydroxylation is 1. The molecule has 0 spiro atoms. The lowest BCUT2D eigenvalue weighted by Gasteiger charge is -2.27. The molecule has 5 nitrogen and oxygen atoms in total. The fourth-order valence-electron chi connectivity index (χ4n) is 1.51. The van der Waals surface area contributed by atoms with E-state index in [0.717, 1.165) is 10.8 Å². The van der Waals surface area contributed by atoms with Gasteiger partial charge < -0.3 is 4.57 Å². The van der Waals surface area contributed by atoms with Gasteiger partial charge in [0.25, 0.3) is 0 Å². The number of rotatable bonds is 2. The van der Waals surface area contributed by atoms with Crippen molar-refractivity contribution < 1.29 is 5.21 Å². The van der Waals surface area contributed by atoms with E-state index in [9.17, 15) is 5.21 Å². The van der Waals surface area contributed by atoms with E-state index in [1.807, 2.05) is 50.7 Å². The quantitative estimate of drug-likeness (QED) is 0.813. The minimum atomic E-state index is -0.357. The molecule has 1 aromatic heterocycles. The van der Waals surface area contributed by atoms with Gasteiger partial charge >= 0.3 is 0 Å². The van der Waals surface area contributed by atoms with E-state index < -0.39 is 0 Å². The maximum Gasteiger partial charge on any atom is 0.176 e. The summed E-state index contributed by atoms with van der Waals surface area (Å²) in [4.78, 5) is 8.63. The molecule has 0 radical (unpaired) electrons. The summed E-state index contributed by atoms with van der Waals surface area (Å²) in [5.41, 5.74) is 1.24. The van der Waals surface area contributed by atoms with Gasteiger partial charge in [-0.25, -0.2) is 9.98 Å². The minimum absolute atomic E-state index is 0.357. The Morgan fingerprint density at radius 1 is 1.39 bits per heavy atom. The molecule has 0 fully saturated rings. The fourth-order valence-corrected chi connectivity index (χ4v) is 1.51. The molecule has 18 heavy (non-hydrogen) atoms. The van der Waals surface area contributed by atoms with Crippen molar-refractivity contribution in [3.63, 3.8) is 0 Å². The Bertz CT molecular complexity index is 531. The second-order valence-electron chi connectivity index (χ2n) is 5.27. The average molecular weight is 246 g/mol. The van der Waals surface area contributed by atoms with Crippen molar-refractivity contribution in [1.29, 1.82) is 0 Å². The molecule has 1 N–H and O–H groups in total. The summed E-state index contributed by atoms with van der Waals surface area (Å²) >= 11 is 0. The van der Waals surface area contributed by atoms with Crippen LogP contribution in [0.5, 0.6) is 0 Å². The number of nitrogens with zero attached hydrogens (tertiary/aromatic N) is 4. The summed E-state index contributed by atoms with van der Waals surface area (Å²) in [7, 11) is 1.95. The van der Waals surface area contributed by atoms with Gasteiger partial charge in [-0.05, 0) is 32.9 Å². The number of amidine groups is 1. The normalized spacial score (nSPS) is 17.4. The van der Waals surface area contributed by atoms with Crippen LogP contribution < -0.4 is 0 Å². The van der Waals surface area contributed by atoms with Crippen LogP contribution in [0.1, 0.15) is 26.5 Å². The molecule has 1 aliphatic rings. The largest absolute Gasteiger partial charge is 0.348 e. The highest BCUT2D eigenvalue weighted by Crippen LogP contribution is 2.15. The molecule has 1 aromatic rings. The van der Waals surface area contributed by atoms with E-state index in [-0.39, 0.29) is 5.54 Å². The zero-order chi connectivity index (χ0) is 13.3. The van der Waals surface area contributed by atoms with Crippen molar-refractivity contribution in [3.05, 3.63) is 35.9 Å². The zero-order valence-corrected chi connectivity index (χ0v) is 11.1. The highest BCUT2D eigenvalue weighted by Gasteiger charge is 2.18. The van der Waals surface area contributed by atoms with Crippen LogP contribution in [0.4, 0.5) is 0 Å². The first-order valence-corrected chi connectivity index (χ1v) is 5.82. The molecule has 0 amide bonds. The number of aromatic nitrogens is 1. The first-order valence-electron chi connectivity index (χ1n) is 5.82. The third kappa shape index (κ3) is 2.51. The lowest BCUT2D eigenvalue weighted by molar-refractivity contribution is -0.110. The van der Waals surface area contributed by atoms with E-state index in [0.29, 0.717) is 11.5 Å². The number of hydrogen-bond donors (Lipinski definition) is 1. The molecule has 0 bridgehead atoms. The summed E-state index contributed by atoms with van der Waals surface area (Å²) in [6, 6.07) is 3.90. The molecule has 0 aromatic carbocycles. The summed E-state index contributed by atoms with van der Waals surface area (Å²) in [6.07, 6.45) is 5.18. The van der Waals surface area contributed by atoms with E-state index in [1.165, 1.54) is 0 Å². The first-order chi connectivity index (χ1) is 8.38. The SMILES string of the molecule is Cn1cccc1C1=NC(=CN(O)C(C)(C)C)C=N1. The lowest BCUT2D eigenvalue weighted by Crippen LogP contribution is -2.34. The van der Waals surface area contributed by atoms with Crippen molar-refractivity contribution in [1.82, 2.24) is 9.63 Å². The molecule has 0 unspecified atom stereocenters. The van der Waals surface area contributed by atoms with Crippen LogP contribution in [-0.2, 0) is 7.05 Å². The fraction of sp³-hybridized carbons (Fsp3) is 0.385. The minimum Gasteiger partial charge on any atom is -0.348 e. The summed E-state index contributed by atoms with van der Waals surface area (Å²) < 4.78 is 1.96. The van der Waals surface area contributed by atoms with Gasteiger partial charge in [0.05, 0.1) is 23.6 Å². The van der Waals surface area contributed by atoms with Crippen LogP contribution in [0.25, 0.3) is 0 Å². The van der Waals surface area contributed by atoms with E-state index in [1.54, 1.807) is 12.4 Å². The van der Waals surface area contributed by atoms with Gasteiger partial charge in [0.1, 0.15) is 5.70 Å². The lowest BCUT2D eigenvalue weighted by atomic mass is 10.1. The maximum atomic E-state index is 9.84. The Morgan fingerprint density at radius 3 is 2.67 bits per heavy atom. The Hall–Kier alpha value is -1.88. The predicted octanol–water partition coefficient (Wildman–Crippen LogP) is 2.19. The highest BCUT2D eigenvalue weighted by molar-refractivity contribution is 6.09. The number of hydroxylamine groups is 2. The van der Waals surface area contributed by atoms with Gasteiger partial charge in [0.15, 0.2) is 5.84 Å². The number of aliphatic imine (C=N–C) groups is 2. The summed E-state index contributed by atoms with van der Waals surface area (Å²) in [5.74, 6) is 0.663. The zero-order valence-electron chi connectivity index (χ0n) is 11.1. The molecular formula is C13H18N4O. The topological polar surface area (TPSA) is 53.1 Å². The van der Waals surface area contributed by atoms with Gasteiger partial charge in [-0.3, -0.25) is 10.3 Å². The van der Waals surface area contributed by atoms with Crippen LogP contribution in [0.3, 0.4) is 0 Å². The third-order valence-corrected chi connectivity index (χ3v) is 2.67. The molecule has 2 heterocycles. The van der Waals surface area contributed by atoms with Crippen molar-refractivity contribution >= 4 is 12.1 Å². The molecule has 0 atom stereocenters. The Balaban J connectivity index is 2.22. The standard InChI is InChI=1S/C13H18N4O/c1-13(2,3)17(18)9-10-8-14-12(15-10)11-6-5-7-16(11)4/h5-9,18H,1-4H3. The van der Waals surface area contributed by atoms with Crippen molar-refractivity contribution in [3.8, 4) is 0 Å². The van der Waals surface area contributed by atoms with Gasteiger partial charge in [-0.1, -0.05) is 0 Å². The number of hydrogen-bond acceptors (Lipinski definition) is 4. The first kappa shape index (κ1) is 12.6. The summed E-state index contributed by atoms with van der Waals surface area (Å²) in [6.45, 7) is 5.74. The molecule has 5 heteroatoms. The van der Waals surface area contributed by atoms with Crippen LogP contribution in [0.15, 0.2) is 40.2 Å². The van der Waals surface area contributed by atoms with Gasteiger partial charge in [-0.15, -0.1) is 0 Å². The van der Waals surface area contributed by atoms with E-state index in [4.69, 9.17) is 0 Å². The van der Waals surface area contributed by atoms with Crippen molar-refractivity contribution in [2.24, 2.45) is 17.0 Å². The van der Waals surface area contributed by atoms with Crippen LogP contribution >= 0.6 is 0 Å². The average Bonchev–Trinajstić information content (AvgIpc) is 2.85. The summed E-state index contributed by atoms with van der Waals surface area (Å²) in [5, 5.41) is 11.0. The van der Waals surface area contributed by atoms with Crippen LogP contribution in [-0.4, -0.2) is 32.4 Å². The third-order valence-electron chi connectivity index (χ3n) is 2.67. The molecule has 1 aliphatic heterocycles. The van der Waals surface area contributed by atoms with E-state index >= 15 is 0 Å². The smallest absolute Gasteiger partial charge is 0.176 e. The van der Waals surface area contributed by atoms with Gasteiger partial charge in [-0.2, -0.15) is 0 Å². The Labute approximate surface area is 107 Å². The van der Waals surface area contributed by atoms with Gasteiger partial charge in [0.2, 0.25) is 0 Å². The van der Waals surface area contributed by atoms with E-state index in [2.05, 4.69) is 9.98 Å². The highest BCUT2D eigenvalue weighted by atomic mass is 16.5. The van der Waals surface area contributed by atoms with Crippen LogP contribution in [0, 0.1) is 0 Å². The molecule has 0 saturated carbocycles. The molecule has 0 aliphatic carbocycles.